The number of amides is 2. The zero-order chi connectivity index (χ0) is 17.6. The fourth-order valence-electron chi connectivity index (χ4n) is 2.94. The number of carbonyl (C=O) groups excluding carboxylic acids is 1. The Morgan fingerprint density at radius 1 is 1.29 bits per heavy atom. The van der Waals surface area contributed by atoms with Gasteiger partial charge in [0.2, 0.25) is 0 Å². The average molecular weight is 333 g/mol. The van der Waals surface area contributed by atoms with Crippen LogP contribution in [0.3, 0.4) is 0 Å². The maximum Gasteiger partial charge on any atom is 0.319 e. The van der Waals surface area contributed by atoms with Crippen LogP contribution in [0.5, 0.6) is 0 Å². The van der Waals surface area contributed by atoms with Crippen molar-refractivity contribution in [2.24, 2.45) is 5.92 Å². The molecule has 134 valence electrons. The summed E-state index contributed by atoms with van der Waals surface area (Å²) in [6.07, 6.45) is 4.00. The standard InChI is InChI=1S/C19H31N3O2/c1-15(2)10-11-19(3,24)14-20-18(23)21-16-8-4-5-9-17(16)22-12-6-7-13-22/h4-5,8-9,15,24H,6-7,10-14H2,1-3H3,(H2,20,21,23). The number of nitrogens with zero attached hydrogens (tertiary/aromatic N) is 1. The van der Waals surface area contributed by atoms with Crippen LogP contribution in [0.1, 0.15) is 46.5 Å². The monoisotopic (exact) mass is 333 g/mol. The lowest BCUT2D eigenvalue weighted by atomic mass is 9.95. The van der Waals surface area contributed by atoms with E-state index in [4.69, 9.17) is 0 Å². The molecule has 0 aromatic heterocycles. The largest absolute Gasteiger partial charge is 0.388 e. The lowest BCUT2D eigenvalue weighted by Gasteiger charge is -2.25. The van der Waals surface area contributed by atoms with Crippen molar-refractivity contribution in [1.29, 1.82) is 0 Å². The van der Waals surface area contributed by atoms with E-state index in [9.17, 15) is 9.90 Å². The van der Waals surface area contributed by atoms with Gasteiger partial charge in [-0.2, -0.15) is 0 Å². The van der Waals surface area contributed by atoms with E-state index in [0.29, 0.717) is 12.3 Å². The fourth-order valence-corrected chi connectivity index (χ4v) is 2.94. The number of rotatable bonds is 7. The third-order valence-electron chi connectivity index (χ3n) is 4.49. The molecule has 1 aliphatic heterocycles. The first-order chi connectivity index (χ1) is 11.4. The van der Waals surface area contributed by atoms with E-state index in [1.165, 1.54) is 12.8 Å². The van der Waals surface area contributed by atoms with Crippen molar-refractivity contribution in [2.45, 2.75) is 52.1 Å². The molecule has 5 heteroatoms. The van der Waals surface area contributed by atoms with E-state index in [2.05, 4.69) is 29.4 Å². The molecule has 0 radical (unpaired) electrons. The Bertz CT molecular complexity index is 537. The minimum atomic E-state index is -0.879. The summed E-state index contributed by atoms with van der Waals surface area (Å²) in [5, 5.41) is 16.1. The SMILES string of the molecule is CC(C)CCC(C)(O)CNC(=O)Nc1ccccc1N1CCCC1. The summed E-state index contributed by atoms with van der Waals surface area (Å²) in [7, 11) is 0. The second-order valence-corrected chi connectivity index (χ2v) is 7.45. The van der Waals surface area contributed by atoms with Crippen molar-refractivity contribution in [1.82, 2.24) is 5.32 Å². The highest BCUT2D eigenvalue weighted by Gasteiger charge is 2.22. The van der Waals surface area contributed by atoms with Crippen LogP contribution in [0, 0.1) is 5.92 Å². The number of nitrogens with one attached hydrogen (secondary N) is 2. The van der Waals surface area contributed by atoms with E-state index < -0.39 is 5.60 Å². The first-order valence-corrected chi connectivity index (χ1v) is 8.98. The van der Waals surface area contributed by atoms with Crippen LogP contribution in [-0.4, -0.2) is 36.4 Å². The van der Waals surface area contributed by atoms with Crippen molar-refractivity contribution >= 4 is 17.4 Å². The smallest absolute Gasteiger partial charge is 0.319 e. The molecule has 0 aliphatic carbocycles. The third kappa shape index (κ3) is 5.71. The third-order valence-corrected chi connectivity index (χ3v) is 4.49. The molecular weight excluding hydrogens is 302 g/mol. The molecule has 1 fully saturated rings. The summed E-state index contributed by atoms with van der Waals surface area (Å²) in [6.45, 7) is 8.34. The molecule has 2 rings (SSSR count). The van der Waals surface area contributed by atoms with Crippen LogP contribution < -0.4 is 15.5 Å². The predicted octanol–water partition coefficient (Wildman–Crippen LogP) is 3.60. The molecule has 1 saturated heterocycles. The summed E-state index contributed by atoms with van der Waals surface area (Å²) in [5.41, 5.74) is 1.01. The number of hydrogen-bond acceptors (Lipinski definition) is 3. The van der Waals surface area contributed by atoms with Gasteiger partial charge in [0.1, 0.15) is 0 Å². The van der Waals surface area contributed by atoms with Gasteiger partial charge in [-0.1, -0.05) is 26.0 Å². The Labute approximate surface area is 145 Å². The normalized spacial score (nSPS) is 17.0. The Morgan fingerprint density at radius 3 is 2.62 bits per heavy atom. The lowest BCUT2D eigenvalue weighted by Crippen LogP contribution is -2.42. The first-order valence-electron chi connectivity index (χ1n) is 8.98. The second kappa shape index (κ2) is 8.38. The number of benzene rings is 1. The van der Waals surface area contributed by atoms with E-state index >= 15 is 0 Å². The van der Waals surface area contributed by atoms with Gasteiger partial charge in [-0.15, -0.1) is 0 Å². The van der Waals surface area contributed by atoms with Crippen LogP contribution in [-0.2, 0) is 0 Å². The minimum absolute atomic E-state index is 0.247. The maximum absolute atomic E-state index is 12.2. The van der Waals surface area contributed by atoms with E-state index in [1.54, 1.807) is 6.92 Å². The molecule has 1 unspecified atom stereocenters. The molecule has 1 aromatic rings. The summed E-state index contributed by atoms with van der Waals surface area (Å²) in [6, 6.07) is 7.61. The van der Waals surface area contributed by atoms with Gasteiger partial charge in [0, 0.05) is 19.6 Å². The van der Waals surface area contributed by atoms with Gasteiger partial charge >= 0.3 is 6.03 Å². The molecule has 1 aromatic carbocycles. The molecule has 24 heavy (non-hydrogen) atoms. The van der Waals surface area contributed by atoms with Gasteiger partial charge in [-0.25, -0.2) is 4.79 Å². The quantitative estimate of drug-likeness (QED) is 0.714. The molecule has 1 aliphatic rings. The Kier molecular flexibility index (Phi) is 6.49. The number of urea groups is 1. The zero-order valence-corrected chi connectivity index (χ0v) is 15.1. The van der Waals surface area contributed by atoms with E-state index in [1.807, 2.05) is 24.3 Å². The lowest BCUT2D eigenvalue weighted by molar-refractivity contribution is 0.0481. The average Bonchev–Trinajstić information content (AvgIpc) is 3.06. The molecule has 5 nitrogen and oxygen atoms in total. The zero-order valence-electron chi connectivity index (χ0n) is 15.1. The predicted molar refractivity (Wildman–Crippen MR) is 99.6 cm³/mol. The first kappa shape index (κ1) is 18.6. The van der Waals surface area contributed by atoms with Gasteiger partial charge < -0.3 is 20.6 Å². The van der Waals surface area contributed by atoms with E-state index in [0.717, 1.165) is 30.9 Å². The van der Waals surface area contributed by atoms with Crippen molar-refractivity contribution in [3.8, 4) is 0 Å². The number of aliphatic hydroxyl groups is 1. The molecule has 0 saturated carbocycles. The van der Waals surface area contributed by atoms with Gasteiger partial charge in [0.15, 0.2) is 0 Å². The Morgan fingerprint density at radius 2 is 1.96 bits per heavy atom. The van der Waals surface area contributed by atoms with Crippen molar-refractivity contribution in [2.75, 3.05) is 29.9 Å². The van der Waals surface area contributed by atoms with Crippen LogP contribution in [0.15, 0.2) is 24.3 Å². The highest BCUT2D eigenvalue weighted by molar-refractivity contribution is 5.93. The number of carbonyl (C=O) groups is 1. The highest BCUT2D eigenvalue weighted by atomic mass is 16.3. The summed E-state index contributed by atoms with van der Waals surface area (Å²) >= 11 is 0. The van der Waals surface area contributed by atoms with E-state index in [-0.39, 0.29) is 12.6 Å². The summed E-state index contributed by atoms with van der Waals surface area (Å²) in [4.78, 5) is 14.5. The molecule has 2 amide bonds. The highest BCUT2D eigenvalue weighted by Crippen LogP contribution is 2.28. The van der Waals surface area contributed by atoms with Crippen molar-refractivity contribution in [3.63, 3.8) is 0 Å². The molecule has 0 bridgehead atoms. The molecular formula is C19H31N3O2. The maximum atomic E-state index is 12.2. The fraction of sp³-hybridized carbons (Fsp3) is 0.632. The van der Waals surface area contributed by atoms with Gasteiger partial charge in [0.05, 0.1) is 17.0 Å². The number of anilines is 2. The molecule has 0 spiro atoms. The summed E-state index contributed by atoms with van der Waals surface area (Å²) < 4.78 is 0. The topological polar surface area (TPSA) is 64.6 Å². The summed E-state index contributed by atoms with van der Waals surface area (Å²) in [5.74, 6) is 0.539. The van der Waals surface area contributed by atoms with Crippen LogP contribution >= 0.6 is 0 Å². The van der Waals surface area contributed by atoms with Crippen LogP contribution in [0.25, 0.3) is 0 Å². The molecule has 1 heterocycles. The van der Waals surface area contributed by atoms with Crippen molar-refractivity contribution in [3.05, 3.63) is 24.3 Å². The Balaban J connectivity index is 1.88. The molecule has 1 atom stereocenters. The van der Waals surface area contributed by atoms with Gasteiger partial charge in [-0.3, -0.25) is 0 Å². The second-order valence-electron chi connectivity index (χ2n) is 7.45. The minimum Gasteiger partial charge on any atom is -0.388 e. The van der Waals surface area contributed by atoms with Crippen LogP contribution in [0.4, 0.5) is 16.2 Å². The molecule has 3 N–H and O–H groups in total. The van der Waals surface area contributed by atoms with Gasteiger partial charge in [-0.05, 0) is 50.7 Å². The number of hydrogen-bond donors (Lipinski definition) is 3. The Hall–Kier alpha value is -1.75. The van der Waals surface area contributed by atoms with Gasteiger partial charge in [0.25, 0.3) is 0 Å². The van der Waals surface area contributed by atoms with Crippen LogP contribution in [0.2, 0.25) is 0 Å². The number of para-hydroxylation sites is 2. The van der Waals surface area contributed by atoms with Crippen molar-refractivity contribution < 1.29 is 9.90 Å².